The average molecular weight is 338 g/mol. The zero-order valence-corrected chi connectivity index (χ0v) is 14.0. The molecular weight excluding hydrogens is 319 g/mol. The lowest BCUT2D eigenvalue weighted by molar-refractivity contribution is 0.424. The van der Waals surface area contributed by atoms with Crippen molar-refractivity contribution >= 4 is 5.82 Å². The van der Waals surface area contributed by atoms with Crippen LogP contribution in [0.5, 0.6) is 0 Å². The predicted octanol–water partition coefficient (Wildman–Crippen LogP) is 3.84. The molecule has 4 rings (SSSR count). The van der Waals surface area contributed by atoms with Crippen molar-refractivity contribution in [1.82, 2.24) is 15.0 Å². The monoisotopic (exact) mass is 338 g/mol. The van der Waals surface area contributed by atoms with Crippen LogP contribution in [0.4, 0.5) is 10.2 Å². The Morgan fingerprint density at radius 2 is 2.16 bits per heavy atom. The highest BCUT2D eigenvalue weighted by molar-refractivity contribution is 5.42. The number of halogens is 1. The average Bonchev–Trinajstić information content (AvgIpc) is 3.23. The highest BCUT2D eigenvalue weighted by Gasteiger charge is 2.31. The van der Waals surface area contributed by atoms with E-state index in [0.717, 1.165) is 42.2 Å². The van der Waals surface area contributed by atoms with Gasteiger partial charge in [0.15, 0.2) is 0 Å². The lowest BCUT2D eigenvalue weighted by Crippen LogP contribution is -2.23. The Morgan fingerprint density at radius 3 is 3.00 bits per heavy atom. The molecule has 1 fully saturated rings. The maximum absolute atomic E-state index is 13.3. The fraction of sp³-hybridized carbons (Fsp3) is 0.316. The summed E-state index contributed by atoms with van der Waals surface area (Å²) >= 11 is 0. The molecule has 0 saturated carbocycles. The first kappa shape index (κ1) is 15.7. The van der Waals surface area contributed by atoms with Crippen LogP contribution in [-0.4, -0.2) is 21.5 Å². The normalized spacial score (nSPS) is 17.2. The Balaban J connectivity index is 1.54. The largest absolute Gasteiger partial charge is 0.443 e. The molecule has 6 heteroatoms. The molecule has 1 saturated heterocycles. The summed E-state index contributed by atoms with van der Waals surface area (Å²) in [7, 11) is 0. The Kier molecular flexibility index (Phi) is 4.17. The van der Waals surface area contributed by atoms with Gasteiger partial charge in [-0.25, -0.2) is 19.3 Å². The van der Waals surface area contributed by atoms with Crippen LogP contribution in [0.2, 0.25) is 0 Å². The molecule has 0 amide bonds. The van der Waals surface area contributed by atoms with Gasteiger partial charge in [-0.05, 0) is 37.5 Å². The molecule has 0 aliphatic carbocycles. The number of anilines is 1. The number of oxazole rings is 1. The smallest absolute Gasteiger partial charge is 0.217 e. The quantitative estimate of drug-likeness (QED) is 0.723. The molecule has 0 bridgehead atoms. The highest BCUT2D eigenvalue weighted by Crippen LogP contribution is 2.35. The van der Waals surface area contributed by atoms with Gasteiger partial charge in [0.25, 0.3) is 0 Å². The standard InChI is InChI=1S/C19H19FN4O/c1-13-8-18(23-12-22-13)24-7-3-6-17(24)19-21-11-16(25-19)10-14-4-2-5-15(20)9-14/h2,4-5,8-9,11-12,17H,3,6-7,10H2,1H3. The molecule has 25 heavy (non-hydrogen) atoms. The van der Waals surface area contributed by atoms with Crippen LogP contribution >= 0.6 is 0 Å². The van der Waals surface area contributed by atoms with Gasteiger partial charge >= 0.3 is 0 Å². The molecule has 1 aliphatic heterocycles. The van der Waals surface area contributed by atoms with Crippen molar-refractivity contribution in [3.63, 3.8) is 0 Å². The van der Waals surface area contributed by atoms with Crippen LogP contribution in [0.25, 0.3) is 0 Å². The summed E-state index contributed by atoms with van der Waals surface area (Å²) < 4.78 is 19.3. The number of benzene rings is 1. The van der Waals surface area contributed by atoms with Gasteiger partial charge in [0.05, 0.1) is 6.20 Å². The van der Waals surface area contributed by atoms with Crippen LogP contribution in [0.3, 0.4) is 0 Å². The first-order valence-corrected chi connectivity index (χ1v) is 8.43. The fourth-order valence-electron chi connectivity index (χ4n) is 3.30. The van der Waals surface area contributed by atoms with E-state index >= 15 is 0 Å². The molecular formula is C19H19FN4O. The van der Waals surface area contributed by atoms with Gasteiger partial charge in [-0.2, -0.15) is 0 Å². The molecule has 1 aliphatic rings. The number of nitrogens with zero attached hydrogens (tertiary/aromatic N) is 4. The molecule has 0 spiro atoms. The zero-order valence-electron chi connectivity index (χ0n) is 14.0. The van der Waals surface area contributed by atoms with Gasteiger partial charge in [0, 0.05) is 24.7 Å². The third kappa shape index (κ3) is 3.38. The van der Waals surface area contributed by atoms with Crippen LogP contribution in [0.15, 0.2) is 47.3 Å². The van der Waals surface area contributed by atoms with E-state index < -0.39 is 0 Å². The fourth-order valence-corrected chi connectivity index (χ4v) is 3.30. The van der Waals surface area contributed by atoms with Crippen molar-refractivity contribution in [2.24, 2.45) is 0 Å². The molecule has 1 aromatic carbocycles. The summed E-state index contributed by atoms with van der Waals surface area (Å²) in [5.74, 6) is 2.10. The van der Waals surface area contributed by atoms with Gasteiger partial charge in [0.2, 0.25) is 5.89 Å². The van der Waals surface area contributed by atoms with Gasteiger partial charge in [-0.15, -0.1) is 0 Å². The summed E-state index contributed by atoms with van der Waals surface area (Å²) in [6.07, 6.45) is 5.90. The summed E-state index contributed by atoms with van der Waals surface area (Å²) in [4.78, 5) is 15.2. The summed E-state index contributed by atoms with van der Waals surface area (Å²) in [6.45, 7) is 2.88. The van der Waals surface area contributed by atoms with E-state index in [-0.39, 0.29) is 11.9 Å². The van der Waals surface area contributed by atoms with E-state index in [1.807, 2.05) is 19.1 Å². The van der Waals surface area contributed by atoms with E-state index in [9.17, 15) is 4.39 Å². The SMILES string of the molecule is Cc1cc(N2CCCC2c2ncc(Cc3cccc(F)c3)o2)ncn1. The minimum atomic E-state index is -0.238. The van der Waals surface area contributed by atoms with Crippen LogP contribution in [0, 0.1) is 12.7 Å². The van der Waals surface area contributed by atoms with E-state index in [2.05, 4.69) is 19.9 Å². The maximum atomic E-state index is 13.3. The molecule has 2 aromatic heterocycles. The maximum Gasteiger partial charge on any atom is 0.217 e. The van der Waals surface area contributed by atoms with E-state index in [4.69, 9.17) is 4.42 Å². The van der Waals surface area contributed by atoms with E-state index in [1.165, 1.54) is 12.1 Å². The Hall–Kier alpha value is -2.76. The molecule has 0 N–H and O–H groups in total. The van der Waals surface area contributed by atoms with Gasteiger partial charge < -0.3 is 9.32 Å². The van der Waals surface area contributed by atoms with E-state index in [1.54, 1.807) is 18.6 Å². The van der Waals surface area contributed by atoms with Crippen LogP contribution in [-0.2, 0) is 6.42 Å². The molecule has 3 aromatic rings. The number of aryl methyl sites for hydroxylation is 1. The molecule has 0 radical (unpaired) electrons. The Morgan fingerprint density at radius 1 is 1.24 bits per heavy atom. The summed E-state index contributed by atoms with van der Waals surface area (Å²) in [5.41, 5.74) is 1.81. The van der Waals surface area contributed by atoms with Crippen molar-refractivity contribution in [3.8, 4) is 0 Å². The van der Waals surface area contributed by atoms with Crippen molar-refractivity contribution < 1.29 is 8.81 Å². The number of hydrogen-bond acceptors (Lipinski definition) is 5. The van der Waals surface area contributed by atoms with Gasteiger partial charge in [0.1, 0.15) is 29.8 Å². The highest BCUT2D eigenvalue weighted by atomic mass is 19.1. The first-order valence-electron chi connectivity index (χ1n) is 8.43. The lowest BCUT2D eigenvalue weighted by Gasteiger charge is -2.23. The minimum Gasteiger partial charge on any atom is -0.443 e. The topological polar surface area (TPSA) is 55.1 Å². The summed E-state index contributed by atoms with van der Waals surface area (Å²) in [6, 6.07) is 8.61. The molecule has 1 unspecified atom stereocenters. The molecule has 128 valence electrons. The Labute approximate surface area is 145 Å². The molecule has 3 heterocycles. The second kappa shape index (κ2) is 6.63. The minimum absolute atomic E-state index is 0.0792. The van der Waals surface area contributed by atoms with Crippen molar-refractivity contribution in [2.45, 2.75) is 32.2 Å². The number of aromatic nitrogens is 3. The predicted molar refractivity (Wildman–Crippen MR) is 91.8 cm³/mol. The molecule has 5 nitrogen and oxygen atoms in total. The van der Waals surface area contributed by atoms with Crippen molar-refractivity contribution in [2.75, 3.05) is 11.4 Å². The van der Waals surface area contributed by atoms with Crippen LogP contribution in [0.1, 0.15) is 41.8 Å². The van der Waals surface area contributed by atoms with Crippen molar-refractivity contribution in [1.29, 1.82) is 0 Å². The van der Waals surface area contributed by atoms with Gasteiger partial charge in [-0.3, -0.25) is 0 Å². The number of rotatable bonds is 4. The number of hydrogen-bond donors (Lipinski definition) is 0. The second-order valence-corrected chi connectivity index (χ2v) is 6.34. The summed E-state index contributed by atoms with van der Waals surface area (Å²) in [5, 5.41) is 0. The second-order valence-electron chi connectivity index (χ2n) is 6.34. The Bertz CT molecular complexity index is 879. The third-order valence-electron chi connectivity index (χ3n) is 4.46. The first-order chi connectivity index (χ1) is 12.2. The van der Waals surface area contributed by atoms with E-state index in [0.29, 0.717) is 12.3 Å². The third-order valence-corrected chi connectivity index (χ3v) is 4.46. The molecule has 1 atom stereocenters. The van der Waals surface area contributed by atoms with Crippen LogP contribution < -0.4 is 4.90 Å². The zero-order chi connectivity index (χ0) is 17.2. The lowest BCUT2D eigenvalue weighted by atomic mass is 10.1. The van der Waals surface area contributed by atoms with Gasteiger partial charge in [-0.1, -0.05) is 12.1 Å². The van der Waals surface area contributed by atoms with Crippen molar-refractivity contribution in [3.05, 3.63) is 71.6 Å².